The van der Waals surface area contributed by atoms with Crippen molar-refractivity contribution in [3.63, 3.8) is 0 Å². The first-order valence-electron chi connectivity index (χ1n) is 17.3. The number of fused-ring (bicyclic) bond motifs is 2. The van der Waals surface area contributed by atoms with E-state index in [1.807, 2.05) is 75.3 Å². The Hall–Kier alpha value is -4.32. The lowest BCUT2D eigenvalue weighted by Crippen LogP contribution is -2.51. The normalized spacial score (nSPS) is 23.6. The third-order valence-corrected chi connectivity index (χ3v) is 15.3. The third kappa shape index (κ3) is 5.77. The van der Waals surface area contributed by atoms with Gasteiger partial charge in [0.25, 0.3) is 5.91 Å². The number of hydrogen-bond acceptors (Lipinski definition) is 7. The van der Waals surface area contributed by atoms with Gasteiger partial charge in [0.05, 0.1) is 39.2 Å². The number of aliphatic hydroxyl groups excluding tert-OH is 1. The molecule has 0 saturated carbocycles. The van der Waals surface area contributed by atoms with Crippen LogP contribution in [-0.4, -0.2) is 66.4 Å². The van der Waals surface area contributed by atoms with Crippen LogP contribution >= 0.6 is 0 Å². The number of aryl methyl sites for hydroxylation is 1. The number of benzene rings is 3. The molecule has 0 bridgehead atoms. The second-order valence-electron chi connectivity index (χ2n) is 14.1. The summed E-state index contributed by atoms with van der Waals surface area (Å²) in [6, 6.07) is 24.5. The summed E-state index contributed by atoms with van der Waals surface area (Å²) >= 11 is 0. The fraction of sp³-hybridized carbons (Fsp3) is 0.421. The molecule has 1 aromatic heterocycles. The van der Waals surface area contributed by atoms with Gasteiger partial charge in [-0.1, -0.05) is 72.9 Å². The van der Waals surface area contributed by atoms with E-state index >= 15 is 4.79 Å². The molecule has 11 heteroatoms. The van der Waals surface area contributed by atoms with Gasteiger partial charge >= 0.3 is 0 Å². The van der Waals surface area contributed by atoms with Gasteiger partial charge in [0.15, 0.2) is 5.60 Å². The average Bonchev–Trinajstić information content (AvgIpc) is 3.87. The molecule has 2 saturated heterocycles. The summed E-state index contributed by atoms with van der Waals surface area (Å²) in [5.74, 6) is 0.801. The highest BCUT2D eigenvalue weighted by molar-refractivity contribution is 6.91. The second-order valence-corrected chi connectivity index (χ2v) is 18.8. The summed E-state index contributed by atoms with van der Waals surface area (Å²) in [5.41, 5.74) is 3.33. The molecule has 0 radical (unpaired) electrons. The van der Waals surface area contributed by atoms with Gasteiger partial charge in [0, 0.05) is 55.9 Å². The van der Waals surface area contributed by atoms with Crippen molar-refractivity contribution in [2.75, 3.05) is 30.1 Å². The Balaban J connectivity index is 1.25. The van der Waals surface area contributed by atoms with Crippen molar-refractivity contribution in [2.45, 2.75) is 76.0 Å². The van der Waals surface area contributed by atoms with Crippen LogP contribution in [0.25, 0.3) is 0 Å². The molecular weight excluding hydrogens is 635 g/mol. The first-order chi connectivity index (χ1) is 23.7. The number of anilines is 2. The molecule has 10 nitrogen and oxygen atoms in total. The Labute approximate surface area is 288 Å². The van der Waals surface area contributed by atoms with Gasteiger partial charge in [0.2, 0.25) is 5.91 Å². The van der Waals surface area contributed by atoms with E-state index in [2.05, 4.69) is 48.5 Å². The van der Waals surface area contributed by atoms with E-state index in [1.54, 1.807) is 7.11 Å². The van der Waals surface area contributed by atoms with E-state index in [1.165, 1.54) is 5.19 Å². The fourth-order valence-corrected chi connectivity index (χ4v) is 12.6. The molecule has 49 heavy (non-hydrogen) atoms. The van der Waals surface area contributed by atoms with Crippen LogP contribution in [0.5, 0.6) is 5.75 Å². The molecule has 4 atom stereocenters. The lowest BCUT2D eigenvalue weighted by atomic mass is 9.82. The zero-order valence-corrected chi connectivity index (χ0v) is 29.7. The van der Waals surface area contributed by atoms with Crippen molar-refractivity contribution in [2.24, 2.45) is 5.92 Å². The largest absolute Gasteiger partial charge is 0.497 e. The first kappa shape index (κ1) is 33.2. The number of methoxy groups -OCH3 is 1. The minimum absolute atomic E-state index is 0.0207. The number of carbonyl (C=O) groups excluding carboxylic acids is 2. The lowest BCUT2D eigenvalue weighted by Gasteiger charge is -2.37. The smallest absolute Gasteiger partial charge is 0.264 e. The first-order valence-corrected chi connectivity index (χ1v) is 20.4. The van der Waals surface area contributed by atoms with Gasteiger partial charge in [0.1, 0.15) is 5.75 Å². The lowest BCUT2D eigenvalue weighted by molar-refractivity contribution is -0.146. The maximum Gasteiger partial charge on any atom is 0.264 e. The van der Waals surface area contributed by atoms with Crippen LogP contribution in [0.2, 0.25) is 18.6 Å². The molecule has 256 valence electrons. The molecule has 0 unspecified atom stereocenters. The van der Waals surface area contributed by atoms with E-state index in [9.17, 15) is 9.90 Å². The maximum absolute atomic E-state index is 15.1. The number of nitrogens with zero attached hydrogens (tertiary/aromatic N) is 5. The van der Waals surface area contributed by atoms with Crippen LogP contribution in [0.1, 0.15) is 43.0 Å². The molecule has 4 aromatic rings. The van der Waals surface area contributed by atoms with Gasteiger partial charge in [-0.2, -0.15) is 0 Å². The predicted molar refractivity (Wildman–Crippen MR) is 191 cm³/mol. The summed E-state index contributed by atoms with van der Waals surface area (Å²) in [6.07, 6.45) is 4.21. The Bertz CT molecular complexity index is 1840. The van der Waals surface area contributed by atoms with E-state index < -0.39 is 13.7 Å². The number of para-hydroxylation sites is 1. The van der Waals surface area contributed by atoms with E-state index in [-0.39, 0.29) is 36.0 Å². The highest BCUT2D eigenvalue weighted by atomic mass is 28.3. The Kier molecular flexibility index (Phi) is 8.93. The minimum atomic E-state index is -2.29. The predicted octanol–water partition coefficient (Wildman–Crippen LogP) is 4.80. The summed E-state index contributed by atoms with van der Waals surface area (Å²) in [6.45, 7) is 8.67. The minimum Gasteiger partial charge on any atom is -0.497 e. The molecular formula is C38H45N5O5Si. The van der Waals surface area contributed by atoms with E-state index in [4.69, 9.17) is 9.47 Å². The number of hydrogen-bond donors (Lipinski definition) is 1. The number of aliphatic hydroxyl groups is 1. The molecule has 3 aliphatic heterocycles. The quantitative estimate of drug-likeness (QED) is 0.227. The highest BCUT2D eigenvalue weighted by Gasteiger charge is 2.66. The van der Waals surface area contributed by atoms with Crippen LogP contribution in [0.3, 0.4) is 0 Å². The fourth-order valence-electron chi connectivity index (χ4n) is 8.56. The van der Waals surface area contributed by atoms with Crippen molar-refractivity contribution in [3.8, 4) is 5.75 Å². The molecule has 7 rings (SSSR count). The van der Waals surface area contributed by atoms with Crippen molar-refractivity contribution < 1.29 is 24.2 Å². The SMILES string of the molecule is COc1ccc([Si](C)(C)[C@H]2[C@H](CCn3cc(CCO)nn3)O[C@@]3(C(=O)N(Cc4cccc(N5CCCC5=O)c4)c4ccccc43)[C@@H]2C)cc1. The van der Waals surface area contributed by atoms with Crippen molar-refractivity contribution >= 4 is 36.4 Å². The summed E-state index contributed by atoms with van der Waals surface area (Å²) < 4.78 is 14.5. The highest BCUT2D eigenvalue weighted by Crippen LogP contribution is 2.60. The Morgan fingerprint density at radius 2 is 1.86 bits per heavy atom. The van der Waals surface area contributed by atoms with Crippen LogP contribution < -0.4 is 19.7 Å². The number of ether oxygens (including phenoxy) is 2. The number of amides is 2. The summed E-state index contributed by atoms with van der Waals surface area (Å²) in [5, 5.41) is 19.2. The maximum atomic E-state index is 15.1. The standard InChI is InChI=1S/C38H45N5O5Si/c1-26-36(49(3,4)31-16-14-30(47-2)15-17-31)34(18-21-41-25-28(19-22-44)39-40-41)48-38(26)32-11-5-6-12-33(32)43(37(38)46)24-27-9-7-10-29(23-27)42-20-8-13-35(42)45/h5-7,9-12,14-17,23,25-26,34,36,44H,8,13,18-22,24H2,1-4H3/t26-,34+,36-,38+/m1/s1. The van der Waals surface area contributed by atoms with Crippen LogP contribution in [0.4, 0.5) is 11.4 Å². The number of carbonyl (C=O) groups is 2. The van der Waals surface area contributed by atoms with Crippen LogP contribution in [0.15, 0.2) is 79.0 Å². The van der Waals surface area contributed by atoms with E-state index in [0.29, 0.717) is 32.4 Å². The second kappa shape index (κ2) is 13.2. The Morgan fingerprint density at radius 3 is 2.59 bits per heavy atom. The van der Waals surface area contributed by atoms with Crippen LogP contribution in [-0.2, 0) is 39.4 Å². The summed E-state index contributed by atoms with van der Waals surface area (Å²) in [7, 11) is -0.613. The van der Waals surface area contributed by atoms with Gasteiger partial charge < -0.3 is 24.4 Å². The van der Waals surface area contributed by atoms with Crippen molar-refractivity contribution in [3.05, 3.63) is 95.8 Å². The van der Waals surface area contributed by atoms with Gasteiger partial charge in [-0.05, 0) is 54.3 Å². The summed E-state index contributed by atoms with van der Waals surface area (Å²) in [4.78, 5) is 31.3. The molecule has 4 heterocycles. The van der Waals surface area contributed by atoms with Gasteiger partial charge in [-0.25, -0.2) is 0 Å². The molecule has 1 spiro atoms. The van der Waals surface area contributed by atoms with Crippen molar-refractivity contribution in [1.29, 1.82) is 0 Å². The number of rotatable bonds is 11. The monoisotopic (exact) mass is 679 g/mol. The molecule has 3 aromatic carbocycles. The zero-order chi connectivity index (χ0) is 34.3. The molecule has 0 aliphatic carbocycles. The zero-order valence-electron chi connectivity index (χ0n) is 28.7. The van der Waals surface area contributed by atoms with Crippen LogP contribution in [0, 0.1) is 5.92 Å². The number of aromatic nitrogens is 3. The van der Waals surface area contributed by atoms with Gasteiger partial charge in [-0.15, -0.1) is 5.10 Å². The van der Waals surface area contributed by atoms with Crippen molar-refractivity contribution in [1.82, 2.24) is 15.0 Å². The topological polar surface area (TPSA) is 110 Å². The molecule has 2 amide bonds. The Morgan fingerprint density at radius 1 is 1.06 bits per heavy atom. The molecule has 3 aliphatic rings. The molecule has 1 N–H and O–H groups in total. The van der Waals surface area contributed by atoms with E-state index in [0.717, 1.165) is 46.9 Å². The molecule has 2 fully saturated rings. The average molecular weight is 680 g/mol. The third-order valence-electron chi connectivity index (χ3n) is 11.0. The van der Waals surface area contributed by atoms with Gasteiger partial charge in [-0.3, -0.25) is 14.3 Å².